The van der Waals surface area contributed by atoms with E-state index in [4.69, 9.17) is 4.74 Å². The number of hydrogen-bond donors (Lipinski definition) is 0. The predicted octanol–water partition coefficient (Wildman–Crippen LogP) is 3.74. The summed E-state index contributed by atoms with van der Waals surface area (Å²) in [5.74, 6) is 1.58. The van der Waals surface area contributed by atoms with Crippen molar-refractivity contribution in [3.8, 4) is 5.75 Å². The lowest BCUT2D eigenvalue weighted by atomic mass is 10.1. The molecule has 0 aliphatic rings. The number of sulfonamides is 1. The van der Waals surface area contributed by atoms with E-state index >= 15 is 0 Å². The van der Waals surface area contributed by atoms with E-state index < -0.39 is 10.0 Å². The molecule has 0 unspecified atom stereocenters. The van der Waals surface area contributed by atoms with Crippen LogP contribution < -0.4 is 9.64 Å². The van der Waals surface area contributed by atoms with Gasteiger partial charge >= 0.3 is 0 Å². The van der Waals surface area contributed by atoms with E-state index in [2.05, 4.69) is 14.3 Å². The molecule has 0 fully saturated rings. The summed E-state index contributed by atoms with van der Waals surface area (Å²) in [6, 6.07) is 11.3. The van der Waals surface area contributed by atoms with Gasteiger partial charge in [0.2, 0.25) is 5.13 Å². The number of nitrogens with zero attached hydrogens (tertiary/aromatic N) is 4. The smallest absolute Gasteiger partial charge is 0.252 e. The summed E-state index contributed by atoms with van der Waals surface area (Å²) in [7, 11) is -1.81. The van der Waals surface area contributed by atoms with Crippen LogP contribution in [0.5, 0.6) is 5.75 Å². The molecule has 0 aliphatic carbocycles. The van der Waals surface area contributed by atoms with Crippen molar-refractivity contribution in [1.82, 2.24) is 13.7 Å². The SMILES string of the molecule is CCN(CCN(CC)S(=O)(=O)c1cccs1)c1nc(Cc2ccc(OC)cc2)ns1. The van der Waals surface area contributed by atoms with Crippen molar-refractivity contribution < 1.29 is 13.2 Å². The minimum Gasteiger partial charge on any atom is -0.497 e. The molecule has 3 aromatic rings. The molecule has 0 bridgehead atoms. The Morgan fingerprint density at radius 3 is 2.43 bits per heavy atom. The summed E-state index contributed by atoms with van der Waals surface area (Å²) in [5, 5.41) is 2.59. The second kappa shape index (κ2) is 10.3. The monoisotopic (exact) mass is 466 g/mol. The molecule has 2 heterocycles. The van der Waals surface area contributed by atoms with E-state index in [1.807, 2.05) is 38.1 Å². The topological polar surface area (TPSA) is 75.6 Å². The van der Waals surface area contributed by atoms with E-state index in [0.29, 0.717) is 30.3 Å². The van der Waals surface area contributed by atoms with E-state index in [1.54, 1.807) is 24.6 Å². The molecule has 0 saturated heterocycles. The van der Waals surface area contributed by atoms with Crippen molar-refractivity contribution in [2.24, 2.45) is 0 Å². The second-order valence-electron chi connectivity index (χ2n) is 6.53. The average molecular weight is 467 g/mol. The number of ether oxygens (including phenoxy) is 1. The van der Waals surface area contributed by atoms with Crippen LogP contribution in [0.4, 0.5) is 5.13 Å². The molecule has 7 nitrogen and oxygen atoms in total. The number of benzene rings is 1. The van der Waals surface area contributed by atoms with Crippen molar-refractivity contribution in [1.29, 1.82) is 0 Å². The standard InChI is InChI=1S/C20H26N4O3S3/c1-4-23(12-13-24(5-2)30(25,26)19-7-6-14-28-19)20-21-18(22-29-20)15-16-8-10-17(27-3)11-9-16/h6-11,14H,4-5,12-13,15H2,1-3H3. The highest BCUT2D eigenvalue weighted by atomic mass is 32.2. The van der Waals surface area contributed by atoms with Gasteiger partial charge in [-0.2, -0.15) is 8.68 Å². The fraction of sp³-hybridized carbons (Fsp3) is 0.400. The third-order valence-corrected chi connectivity index (χ3v) is 8.85. The number of thiophene rings is 1. The van der Waals surface area contributed by atoms with Crippen LogP contribution >= 0.6 is 22.9 Å². The number of rotatable bonds is 11. The maximum absolute atomic E-state index is 12.8. The molecule has 30 heavy (non-hydrogen) atoms. The van der Waals surface area contributed by atoms with E-state index in [9.17, 15) is 8.42 Å². The van der Waals surface area contributed by atoms with Crippen LogP contribution in [-0.2, 0) is 16.4 Å². The zero-order chi connectivity index (χ0) is 21.6. The minimum absolute atomic E-state index is 0.380. The Morgan fingerprint density at radius 1 is 1.07 bits per heavy atom. The van der Waals surface area contributed by atoms with Gasteiger partial charge in [0.15, 0.2) is 0 Å². The van der Waals surface area contributed by atoms with Gasteiger partial charge in [-0.25, -0.2) is 13.4 Å². The van der Waals surface area contributed by atoms with Crippen molar-refractivity contribution in [3.05, 3.63) is 53.2 Å². The van der Waals surface area contributed by atoms with Crippen LogP contribution in [0.3, 0.4) is 0 Å². The molecule has 0 aliphatic heterocycles. The number of aromatic nitrogens is 2. The predicted molar refractivity (Wildman–Crippen MR) is 122 cm³/mol. The van der Waals surface area contributed by atoms with Gasteiger partial charge in [-0.15, -0.1) is 11.3 Å². The van der Waals surface area contributed by atoms with Crippen molar-refractivity contribution >= 4 is 38.0 Å². The van der Waals surface area contributed by atoms with Gasteiger partial charge < -0.3 is 9.64 Å². The lowest BCUT2D eigenvalue weighted by molar-refractivity contribution is 0.414. The second-order valence-corrected chi connectivity index (χ2v) is 10.4. The van der Waals surface area contributed by atoms with Crippen LogP contribution in [0.1, 0.15) is 25.2 Å². The highest BCUT2D eigenvalue weighted by molar-refractivity contribution is 7.91. The molecule has 0 radical (unpaired) electrons. The Kier molecular flexibility index (Phi) is 7.81. The van der Waals surface area contributed by atoms with Gasteiger partial charge in [0, 0.05) is 44.1 Å². The molecule has 3 rings (SSSR count). The van der Waals surface area contributed by atoms with E-state index in [1.165, 1.54) is 27.2 Å². The Morgan fingerprint density at radius 2 is 1.83 bits per heavy atom. The largest absolute Gasteiger partial charge is 0.497 e. The molecular weight excluding hydrogens is 440 g/mol. The van der Waals surface area contributed by atoms with Crippen molar-refractivity contribution in [2.45, 2.75) is 24.5 Å². The molecule has 0 atom stereocenters. The fourth-order valence-electron chi connectivity index (χ4n) is 2.98. The van der Waals surface area contributed by atoms with Crippen LogP contribution in [0.25, 0.3) is 0 Å². The van der Waals surface area contributed by atoms with Crippen molar-refractivity contribution in [3.63, 3.8) is 0 Å². The lowest BCUT2D eigenvalue weighted by Crippen LogP contribution is -2.38. The van der Waals surface area contributed by atoms with Crippen LogP contribution in [0, 0.1) is 0 Å². The third-order valence-electron chi connectivity index (χ3n) is 4.69. The quantitative estimate of drug-likeness (QED) is 0.429. The Hall–Kier alpha value is -2.01. The van der Waals surface area contributed by atoms with Gasteiger partial charge in [0.25, 0.3) is 10.0 Å². The summed E-state index contributed by atoms with van der Waals surface area (Å²) in [6.07, 6.45) is 0.645. The maximum Gasteiger partial charge on any atom is 0.252 e. The molecule has 0 N–H and O–H groups in total. The summed E-state index contributed by atoms with van der Waals surface area (Å²) in [6.45, 7) is 6.02. The summed E-state index contributed by atoms with van der Waals surface area (Å²) >= 11 is 2.59. The highest BCUT2D eigenvalue weighted by Gasteiger charge is 2.24. The molecular formula is C20H26N4O3S3. The molecule has 10 heteroatoms. The average Bonchev–Trinajstić information content (AvgIpc) is 3.44. The number of methoxy groups -OCH3 is 1. The lowest BCUT2D eigenvalue weighted by Gasteiger charge is -2.24. The number of likely N-dealkylation sites (N-methyl/N-ethyl adjacent to an activating group) is 2. The molecule has 0 spiro atoms. The minimum atomic E-state index is -3.45. The van der Waals surface area contributed by atoms with Gasteiger partial charge in [-0.3, -0.25) is 0 Å². The van der Waals surface area contributed by atoms with Crippen LogP contribution in [0.2, 0.25) is 0 Å². The van der Waals surface area contributed by atoms with Crippen molar-refractivity contribution in [2.75, 3.05) is 38.2 Å². The first-order valence-electron chi connectivity index (χ1n) is 9.72. The number of hydrogen-bond acceptors (Lipinski definition) is 8. The molecule has 0 saturated carbocycles. The summed E-state index contributed by atoms with van der Waals surface area (Å²) in [4.78, 5) is 6.74. The van der Waals surface area contributed by atoms with Crippen LogP contribution in [0.15, 0.2) is 46.0 Å². The van der Waals surface area contributed by atoms with E-state index in [-0.39, 0.29) is 0 Å². The van der Waals surface area contributed by atoms with Gasteiger partial charge in [-0.05, 0) is 36.1 Å². The molecule has 2 aromatic heterocycles. The maximum atomic E-state index is 12.8. The van der Waals surface area contributed by atoms with E-state index in [0.717, 1.165) is 28.8 Å². The molecule has 0 amide bonds. The molecule has 1 aromatic carbocycles. The number of anilines is 1. The Balaban J connectivity index is 1.64. The fourth-order valence-corrected chi connectivity index (χ4v) is 6.34. The van der Waals surface area contributed by atoms with Gasteiger partial charge in [0.05, 0.1) is 7.11 Å². The summed E-state index contributed by atoms with van der Waals surface area (Å²) in [5.41, 5.74) is 1.11. The summed E-state index contributed by atoms with van der Waals surface area (Å²) < 4.78 is 37.2. The Labute approximate surface area is 186 Å². The first-order valence-corrected chi connectivity index (χ1v) is 12.8. The molecule has 162 valence electrons. The normalized spacial score (nSPS) is 11.7. The zero-order valence-corrected chi connectivity index (χ0v) is 19.8. The van der Waals surface area contributed by atoms with Crippen LogP contribution in [-0.4, -0.2) is 55.4 Å². The highest BCUT2D eigenvalue weighted by Crippen LogP contribution is 2.23. The first-order chi connectivity index (χ1) is 14.5. The van der Waals surface area contributed by atoms with Gasteiger partial charge in [0.1, 0.15) is 15.8 Å². The third kappa shape index (κ3) is 5.37. The zero-order valence-electron chi connectivity index (χ0n) is 17.3. The van der Waals surface area contributed by atoms with Gasteiger partial charge in [-0.1, -0.05) is 25.1 Å². The first kappa shape index (κ1) is 22.7. The Bertz CT molecular complexity index is 1020.